The van der Waals surface area contributed by atoms with Gasteiger partial charge in [0.25, 0.3) is 0 Å². The van der Waals surface area contributed by atoms with Crippen molar-refractivity contribution in [1.29, 1.82) is 0 Å². The number of rotatable bonds is 4. The van der Waals surface area contributed by atoms with E-state index >= 15 is 0 Å². The van der Waals surface area contributed by atoms with Crippen molar-refractivity contribution in [1.82, 2.24) is 10.6 Å². The van der Waals surface area contributed by atoms with Crippen molar-refractivity contribution < 1.29 is 9.53 Å². The maximum atomic E-state index is 12.0. The van der Waals surface area contributed by atoms with E-state index in [1.54, 1.807) is 0 Å². The zero-order valence-electron chi connectivity index (χ0n) is 11.3. The summed E-state index contributed by atoms with van der Waals surface area (Å²) in [4.78, 5) is 12.0. The van der Waals surface area contributed by atoms with E-state index in [1.807, 2.05) is 24.3 Å². The van der Waals surface area contributed by atoms with Crippen LogP contribution in [0.15, 0.2) is 24.3 Å². The molecule has 0 bridgehead atoms. The number of hydrogen-bond donors (Lipinski definition) is 2. The molecule has 2 fully saturated rings. The van der Waals surface area contributed by atoms with Crippen molar-refractivity contribution >= 4 is 17.6 Å². The van der Waals surface area contributed by atoms with E-state index in [-0.39, 0.29) is 17.7 Å². The van der Waals surface area contributed by atoms with Crippen LogP contribution in [0.5, 0.6) is 0 Å². The van der Waals surface area contributed by atoms with Crippen LogP contribution in [0.4, 0.5) is 4.79 Å². The number of ether oxygens (including phenoxy) is 1. The van der Waals surface area contributed by atoms with Gasteiger partial charge in [-0.05, 0) is 43.4 Å². The molecule has 1 aliphatic carbocycles. The first kappa shape index (κ1) is 13.7. The smallest absolute Gasteiger partial charge is 0.315 e. The molecule has 3 rings (SSSR count). The molecule has 1 aromatic carbocycles. The van der Waals surface area contributed by atoms with Gasteiger partial charge in [-0.3, -0.25) is 0 Å². The number of nitrogens with one attached hydrogen (secondary N) is 2. The number of halogens is 1. The maximum Gasteiger partial charge on any atom is 0.315 e. The first-order valence-corrected chi connectivity index (χ1v) is 7.49. The average molecular weight is 295 g/mol. The third-order valence-electron chi connectivity index (χ3n) is 4.01. The lowest BCUT2D eigenvalue weighted by Gasteiger charge is -2.19. The summed E-state index contributed by atoms with van der Waals surface area (Å²) in [6.07, 6.45) is 4.24. The second-order valence-electron chi connectivity index (χ2n) is 5.56. The highest BCUT2D eigenvalue weighted by Gasteiger charge is 2.45. The molecule has 1 saturated heterocycles. The minimum Gasteiger partial charge on any atom is -0.376 e. The average Bonchev–Trinajstić information content (AvgIpc) is 3.03. The Morgan fingerprint density at radius 1 is 1.35 bits per heavy atom. The number of hydrogen-bond acceptors (Lipinski definition) is 2. The summed E-state index contributed by atoms with van der Waals surface area (Å²) in [7, 11) is 0. The number of carbonyl (C=O) groups excluding carboxylic acids is 1. The second kappa shape index (κ2) is 5.62. The fourth-order valence-electron chi connectivity index (χ4n) is 2.65. The second-order valence-corrected chi connectivity index (χ2v) is 6.00. The van der Waals surface area contributed by atoms with Crippen LogP contribution in [0, 0.1) is 0 Å². The van der Waals surface area contributed by atoms with Crippen molar-refractivity contribution in [2.24, 2.45) is 0 Å². The molecule has 1 saturated carbocycles. The molecule has 2 aliphatic rings. The predicted octanol–water partition coefficient (Wildman–Crippen LogP) is 2.81. The quantitative estimate of drug-likeness (QED) is 0.897. The predicted molar refractivity (Wildman–Crippen MR) is 77.9 cm³/mol. The Balaban J connectivity index is 1.53. The summed E-state index contributed by atoms with van der Waals surface area (Å²) >= 11 is 5.90. The lowest BCUT2D eigenvalue weighted by molar-refractivity contribution is 0.111. The molecule has 1 heterocycles. The van der Waals surface area contributed by atoms with Crippen molar-refractivity contribution in [2.45, 2.75) is 37.3 Å². The van der Waals surface area contributed by atoms with Crippen LogP contribution >= 0.6 is 11.6 Å². The number of carbonyl (C=O) groups is 1. The zero-order chi connectivity index (χ0) is 14.0. The summed E-state index contributed by atoms with van der Waals surface area (Å²) < 4.78 is 5.49. The van der Waals surface area contributed by atoms with Gasteiger partial charge in [0.05, 0.1) is 11.6 Å². The normalized spacial score (nSPS) is 23.4. The molecule has 20 heavy (non-hydrogen) atoms. The molecule has 2 N–H and O–H groups in total. The van der Waals surface area contributed by atoms with Crippen LogP contribution in [0.1, 0.15) is 31.2 Å². The molecule has 5 heteroatoms. The minimum atomic E-state index is -0.203. The van der Waals surface area contributed by atoms with Crippen LogP contribution in [0.3, 0.4) is 0 Å². The number of amides is 2. The lowest BCUT2D eigenvalue weighted by Crippen LogP contribution is -2.44. The molecular formula is C15H19ClN2O2. The molecule has 2 amide bonds. The topological polar surface area (TPSA) is 50.4 Å². The largest absolute Gasteiger partial charge is 0.376 e. The zero-order valence-corrected chi connectivity index (χ0v) is 12.1. The van der Waals surface area contributed by atoms with Crippen molar-refractivity contribution in [3.8, 4) is 0 Å². The van der Waals surface area contributed by atoms with Gasteiger partial charge in [-0.25, -0.2) is 4.79 Å². The van der Waals surface area contributed by atoms with Crippen molar-refractivity contribution in [2.75, 3.05) is 13.2 Å². The Kier molecular flexibility index (Phi) is 3.85. The Bertz CT molecular complexity index is 479. The van der Waals surface area contributed by atoms with Crippen molar-refractivity contribution in [3.05, 3.63) is 34.9 Å². The highest BCUT2D eigenvalue weighted by molar-refractivity contribution is 6.30. The Morgan fingerprint density at radius 2 is 2.10 bits per heavy atom. The van der Waals surface area contributed by atoms with E-state index < -0.39 is 0 Å². The fourth-order valence-corrected chi connectivity index (χ4v) is 2.78. The Hall–Kier alpha value is -1.26. The molecule has 1 unspecified atom stereocenters. The van der Waals surface area contributed by atoms with Gasteiger partial charge in [-0.2, -0.15) is 0 Å². The van der Waals surface area contributed by atoms with Gasteiger partial charge in [-0.15, -0.1) is 0 Å². The minimum absolute atomic E-state index is 0.118. The highest BCUT2D eigenvalue weighted by Crippen LogP contribution is 2.45. The summed E-state index contributed by atoms with van der Waals surface area (Å²) in [6.45, 7) is 1.39. The number of benzene rings is 1. The fraction of sp³-hybridized carbons (Fsp3) is 0.533. The van der Waals surface area contributed by atoms with Crippen LogP contribution in [-0.4, -0.2) is 25.3 Å². The highest BCUT2D eigenvalue weighted by atomic mass is 35.5. The maximum absolute atomic E-state index is 12.0. The SMILES string of the molecule is O=C(NCC1CCCO1)NC1(c2ccc(Cl)cc2)CC1. The van der Waals surface area contributed by atoms with Crippen molar-refractivity contribution in [3.63, 3.8) is 0 Å². The van der Waals surface area contributed by atoms with E-state index in [0.29, 0.717) is 11.6 Å². The molecule has 0 spiro atoms. The van der Waals surface area contributed by atoms with Gasteiger partial charge < -0.3 is 15.4 Å². The number of urea groups is 1. The summed E-state index contributed by atoms with van der Waals surface area (Å²) in [6, 6.07) is 7.57. The van der Waals surface area contributed by atoms with Gasteiger partial charge in [-0.1, -0.05) is 23.7 Å². The standard InChI is InChI=1S/C15H19ClN2O2/c16-12-5-3-11(4-6-12)15(7-8-15)18-14(19)17-10-13-2-1-9-20-13/h3-6,13H,1-2,7-10H2,(H2,17,18,19). The van der Waals surface area contributed by atoms with E-state index in [2.05, 4.69) is 10.6 Å². The van der Waals surface area contributed by atoms with Crippen LogP contribution < -0.4 is 10.6 Å². The van der Waals surface area contributed by atoms with E-state index in [0.717, 1.165) is 37.9 Å². The molecule has 0 radical (unpaired) electrons. The molecule has 0 aromatic heterocycles. The van der Waals surface area contributed by atoms with Gasteiger partial charge in [0, 0.05) is 18.2 Å². The molecule has 4 nitrogen and oxygen atoms in total. The Labute approximate surface area is 123 Å². The van der Waals surface area contributed by atoms with Gasteiger partial charge in [0.2, 0.25) is 0 Å². The van der Waals surface area contributed by atoms with E-state index in [1.165, 1.54) is 0 Å². The monoisotopic (exact) mass is 294 g/mol. The summed E-state index contributed by atoms with van der Waals surface area (Å²) in [5, 5.41) is 6.69. The van der Waals surface area contributed by atoms with Gasteiger partial charge in [0.1, 0.15) is 0 Å². The van der Waals surface area contributed by atoms with Crippen LogP contribution in [0.25, 0.3) is 0 Å². The van der Waals surface area contributed by atoms with Gasteiger partial charge in [0.15, 0.2) is 0 Å². The lowest BCUT2D eigenvalue weighted by atomic mass is 10.1. The Morgan fingerprint density at radius 3 is 2.70 bits per heavy atom. The summed E-state index contributed by atoms with van der Waals surface area (Å²) in [5.41, 5.74) is 0.916. The van der Waals surface area contributed by atoms with E-state index in [9.17, 15) is 4.79 Å². The van der Waals surface area contributed by atoms with Crippen LogP contribution in [-0.2, 0) is 10.3 Å². The summed E-state index contributed by atoms with van der Waals surface area (Å²) in [5.74, 6) is 0. The van der Waals surface area contributed by atoms with Crippen LogP contribution in [0.2, 0.25) is 5.02 Å². The molecule has 1 aliphatic heterocycles. The van der Waals surface area contributed by atoms with Gasteiger partial charge >= 0.3 is 6.03 Å². The molecule has 108 valence electrons. The molecule has 1 atom stereocenters. The first-order chi connectivity index (χ1) is 9.68. The third kappa shape index (κ3) is 3.07. The van der Waals surface area contributed by atoms with E-state index in [4.69, 9.17) is 16.3 Å². The molecule has 1 aromatic rings. The first-order valence-electron chi connectivity index (χ1n) is 7.12. The molecular weight excluding hydrogens is 276 g/mol. The third-order valence-corrected chi connectivity index (χ3v) is 4.27.